The molecule has 0 saturated carbocycles. The lowest BCUT2D eigenvalue weighted by molar-refractivity contribution is -0.126. The van der Waals surface area contributed by atoms with Crippen LogP contribution in [0.15, 0.2) is 69.2 Å². The Morgan fingerprint density at radius 1 is 1.00 bits per heavy atom. The van der Waals surface area contributed by atoms with Gasteiger partial charge in [-0.25, -0.2) is 4.90 Å². The molecule has 2 aromatic carbocycles. The summed E-state index contributed by atoms with van der Waals surface area (Å²) >= 11 is 0. The summed E-state index contributed by atoms with van der Waals surface area (Å²) in [6.07, 6.45) is 0.202. The molecular weight excluding hydrogens is 360 g/mol. The fraction of sp³-hybridized carbons (Fsp3) is 0.143. The number of anilines is 1. The molecule has 3 heterocycles. The maximum Gasteiger partial charge on any atom is 0.278 e. The Kier molecular flexibility index (Phi) is 3.45. The topological polar surface area (TPSA) is 89.2 Å². The number of rotatable bonds is 2. The molecule has 2 unspecified atom stereocenters. The average Bonchev–Trinajstić information content (AvgIpc) is 3.23. The SMILES string of the molecule is Cc1ccc2c(=O)c(C3=NOC4C(=O)N(c5ccccc5)C(=O)C34)coc2c1. The van der Waals surface area contributed by atoms with Crippen molar-refractivity contribution < 1.29 is 18.8 Å². The van der Waals surface area contributed by atoms with Crippen LogP contribution >= 0.6 is 0 Å². The molecule has 5 rings (SSSR count). The number of oxime groups is 1. The number of hydrogen-bond donors (Lipinski definition) is 0. The lowest BCUT2D eigenvalue weighted by Gasteiger charge is -2.15. The molecule has 0 bridgehead atoms. The number of benzene rings is 2. The van der Waals surface area contributed by atoms with Crippen molar-refractivity contribution in [2.45, 2.75) is 13.0 Å². The molecule has 0 N–H and O–H groups in total. The third-order valence-electron chi connectivity index (χ3n) is 5.03. The van der Waals surface area contributed by atoms with Crippen LogP contribution in [0, 0.1) is 12.8 Å². The van der Waals surface area contributed by atoms with Gasteiger partial charge < -0.3 is 9.25 Å². The number of nitrogens with zero attached hydrogens (tertiary/aromatic N) is 2. The maximum atomic E-state index is 13.0. The normalized spacial score (nSPS) is 21.0. The van der Waals surface area contributed by atoms with Gasteiger partial charge in [0.05, 0.1) is 16.6 Å². The summed E-state index contributed by atoms with van der Waals surface area (Å²) in [5, 5.41) is 4.27. The summed E-state index contributed by atoms with van der Waals surface area (Å²) in [5.41, 5.74) is 1.79. The van der Waals surface area contributed by atoms with E-state index in [2.05, 4.69) is 5.16 Å². The van der Waals surface area contributed by atoms with E-state index in [1.54, 1.807) is 48.5 Å². The first kappa shape index (κ1) is 16.4. The van der Waals surface area contributed by atoms with E-state index in [0.29, 0.717) is 16.7 Å². The zero-order valence-electron chi connectivity index (χ0n) is 14.8. The van der Waals surface area contributed by atoms with Gasteiger partial charge in [0.25, 0.3) is 5.91 Å². The van der Waals surface area contributed by atoms with Gasteiger partial charge in [-0.3, -0.25) is 14.4 Å². The van der Waals surface area contributed by atoms with E-state index in [4.69, 9.17) is 9.25 Å². The second-order valence-electron chi connectivity index (χ2n) is 6.81. The molecule has 2 aliphatic rings. The number of amides is 2. The quantitative estimate of drug-likeness (QED) is 0.643. The molecule has 0 radical (unpaired) electrons. The van der Waals surface area contributed by atoms with Gasteiger partial charge in [-0.05, 0) is 36.8 Å². The third-order valence-corrected chi connectivity index (χ3v) is 5.03. The molecule has 3 aromatic rings. The van der Waals surface area contributed by atoms with Crippen molar-refractivity contribution in [3.05, 3.63) is 76.1 Å². The van der Waals surface area contributed by atoms with Crippen molar-refractivity contribution in [1.82, 2.24) is 0 Å². The molecule has 2 aliphatic heterocycles. The highest BCUT2D eigenvalue weighted by molar-refractivity contribution is 6.32. The van der Waals surface area contributed by atoms with E-state index in [0.717, 1.165) is 10.5 Å². The zero-order chi connectivity index (χ0) is 19.4. The van der Waals surface area contributed by atoms with Crippen LogP contribution in [-0.4, -0.2) is 23.6 Å². The minimum atomic E-state index is -1.07. The Morgan fingerprint density at radius 2 is 1.79 bits per heavy atom. The molecule has 0 spiro atoms. The largest absolute Gasteiger partial charge is 0.463 e. The first-order valence-electron chi connectivity index (χ1n) is 8.75. The molecule has 7 nitrogen and oxygen atoms in total. The second-order valence-corrected chi connectivity index (χ2v) is 6.81. The van der Waals surface area contributed by atoms with Crippen LogP contribution < -0.4 is 10.3 Å². The molecule has 1 fully saturated rings. The highest BCUT2D eigenvalue weighted by Gasteiger charge is 2.56. The van der Waals surface area contributed by atoms with E-state index in [1.165, 1.54) is 6.26 Å². The number of carbonyl (C=O) groups excluding carboxylic acids is 2. The van der Waals surface area contributed by atoms with Gasteiger partial charge in [0.2, 0.25) is 17.4 Å². The van der Waals surface area contributed by atoms with Gasteiger partial charge in [0.15, 0.2) is 0 Å². The van der Waals surface area contributed by atoms with Gasteiger partial charge in [-0.15, -0.1) is 0 Å². The van der Waals surface area contributed by atoms with E-state index < -0.39 is 23.8 Å². The summed E-state index contributed by atoms with van der Waals surface area (Å²) in [5.74, 6) is -1.94. The van der Waals surface area contributed by atoms with E-state index in [9.17, 15) is 14.4 Å². The Labute approximate surface area is 158 Å². The number of para-hydroxylation sites is 1. The lowest BCUT2D eigenvalue weighted by Crippen LogP contribution is -2.33. The Morgan fingerprint density at radius 3 is 2.57 bits per heavy atom. The van der Waals surface area contributed by atoms with Crippen LogP contribution in [0.3, 0.4) is 0 Å². The molecule has 2 amide bonds. The molecule has 7 heteroatoms. The van der Waals surface area contributed by atoms with Crippen LogP contribution in [0.5, 0.6) is 0 Å². The van der Waals surface area contributed by atoms with Crippen LogP contribution in [-0.2, 0) is 14.4 Å². The Balaban J connectivity index is 1.59. The highest BCUT2D eigenvalue weighted by Crippen LogP contribution is 2.34. The third kappa shape index (κ3) is 2.22. The van der Waals surface area contributed by atoms with Crippen LogP contribution in [0.2, 0.25) is 0 Å². The fourth-order valence-electron chi connectivity index (χ4n) is 3.64. The highest BCUT2D eigenvalue weighted by atomic mass is 16.6. The van der Waals surface area contributed by atoms with E-state index in [1.807, 2.05) is 6.92 Å². The Bertz CT molecular complexity index is 1230. The monoisotopic (exact) mass is 374 g/mol. The number of aryl methyl sites for hydroxylation is 1. The van der Waals surface area contributed by atoms with Crippen molar-refractivity contribution in [2.75, 3.05) is 4.90 Å². The zero-order valence-corrected chi connectivity index (χ0v) is 14.8. The predicted molar refractivity (Wildman–Crippen MR) is 101 cm³/mol. The minimum absolute atomic E-state index is 0.123. The van der Waals surface area contributed by atoms with Crippen molar-refractivity contribution in [1.29, 1.82) is 0 Å². The molecule has 0 aliphatic carbocycles. The van der Waals surface area contributed by atoms with E-state index >= 15 is 0 Å². The minimum Gasteiger partial charge on any atom is -0.463 e. The number of carbonyl (C=O) groups is 2. The molecule has 1 aromatic heterocycles. The summed E-state index contributed by atoms with van der Waals surface area (Å²) in [6.45, 7) is 1.90. The van der Waals surface area contributed by atoms with Crippen molar-refractivity contribution >= 4 is 34.2 Å². The van der Waals surface area contributed by atoms with Gasteiger partial charge in [0, 0.05) is 0 Å². The Hall–Kier alpha value is -3.74. The summed E-state index contributed by atoms with van der Waals surface area (Å²) in [7, 11) is 0. The van der Waals surface area contributed by atoms with Crippen LogP contribution in [0.4, 0.5) is 5.69 Å². The summed E-state index contributed by atoms with van der Waals surface area (Å²) in [6, 6.07) is 13.8. The van der Waals surface area contributed by atoms with Crippen LogP contribution in [0.1, 0.15) is 11.1 Å². The van der Waals surface area contributed by atoms with Gasteiger partial charge in [-0.1, -0.05) is 29.4 Å². The van der Waals surface area contributed by atoms with Crippen molar-refractivity contribution in [3.63, 3.8) is 0 Å². The summed E-state index contributed by atoms with van der Waals surface area (Å²) in [4.78, 5) is 45.0. The van der Waals surface area contributed by atoms with Crippen molar-refractivity contribution in [3.8, 4) is 0 Å². The molecular formula is C21H14N2O5. The number of fused-ring (bicyclic) bond motifs is 2. The number of hydrogen-bond acceptors (Lipinski definition) is 6. The van der Waals surface area contributed by atoms with Gasteiger partial charge in [0.1, 0.15) is 23.5 Å². The number of imide groups is 1. The first-order chi connectivity index (χ1) is 13.6. The lowest BCUT2D eigenvalue weighted by atomic mass is 9.94. The maximum absolute atomic E-state index is 13.0. The van der Waals surface area contributed by atoms with Crippen LogP contribution in [0.25, 0.3) is 11.0 Å². The average molecular weight is 374 g/mol. The molecule has 1 saturated heterocycles. The molecule has 138 valence electrons. The predicted octanol–water partition coefficient (Wildman–Crippen LogP) is 2.39. The summed E-state index contributed by atoms with van der Waals surface area (Å²) < 4.78 is 5.59. The standard InChI is InChI=1S/C21H14N2O5/c1-11-7-8-13-15(9-11)27-10-14(18(13)24)17-16-19(28-22-17)21(26)23(20(16)25)12-5-3-2-4-6-12/h2-10,16,19H,1H3. The second kappa shape index (κ2) is 5.88. The first-order valence-corrected chi connectivity index (χ1v) is 8.75. The molecule has 28 heavy (non-hydrogen) atoms. The van der Waals surface area contributed by atoms with Gasteiger partial charge in [-0.2, -0.15) is 0 Å². The van der Waals surface area contributed by atoms with Gasteiger partial charge >= 0.3 is 0 Å². The fourth-order valence-corrected chi connectivity index (χ4v) is 3.64. The van der Waals surface area contributed by atoms with E-state index in [-0.39, 0.29) is 16.7 Å². The van der Waals surface area contributed by atoms with Crippen molar-refractivity contribution in [2.24, 2.45) is 11.1 Å². The molecule has 2 atom stereocenters. The smallest absolute Gasteiger partial charge is 0.278 e.